The minimum atomic E-state index is -0.0725. The van der Waals surface area contributed by atoms with Crippen molar-refractivity contribution >= 4 is 34.7 Å². The molecule has 0 N–H and O–H groups in total. The Balaban J connectivity index is 2.28. The molecular weight excluding hydrogens is 260 g/mol. The van der Waals surface area contributed by atoms with E-state index in [9.17, 15) is 0 Å². The molecule has 0 spiro atoms. The highest BCUT2D eigenvalue weighted by Gasteiger charge is 2.10. The standard InChI is InChI=1S/C11H11ClN2S2/c1-7(12)10-13-14-11(16-10)8-3-5-9(15-2)6-4-8/h3-7H,1-2H3. The van der Waals surface area contributed by atoms with Crippen molar-refractivity contribution < 1.29 is 0 Å². The van der Waals surface area contributed by atoms with Crippen LogP contribution >= 0.6 is 34.7 Å². The molecule has 1 unspecified atom stereocenters. The summed E-state index contributed by atoms with van der Waals surface area (Å²) >= 11 is 9.23. The number of alkyl halides is 1. The molecule has 1 heterocycles. The number of thioether (sulfide) groups is 1. The summed E-state index contributed by atoms with van der Waals surface area (Å²) < 4.78 is 0. The van der Waals surface area contributed by atoms with Crippen LogP contribution in [-0.2, 0) is 0 Å². The van der Waals surface area contributed by atoms with Gasteiger partial charge in [-0.15, -0.1) is 33.6 Å². The number of halogens is 1. The van der Waals surface area contributed by atoms with Crippen LogP contribution in [0.3, 0.4) is 0 Å². The molecule has 0 saturated carbocycles. The minimum Gasteiger partial charge on any atom is -0.142 e. The van der Waals surface area contributed by atoms with Gasteiger partial charge in [-0.3, -0.25) is 0 Å². The first-order chi connectivity index (χ1) is 7.70. The molecule has 16 heavy (non-hydrogen) atoms. The van der Waals surface area contributed by atoms with E-state index in [-0.39, 0.29) is 5.38 Å². The van der Waals surface area contributed by atoms with Gasteiger partial charge in [0.25, 0.3) is 0 Å². The highest BCUT2D eigenvalue weighted by molar-refractivity contribution is 7.98. The third kappa shape index (κ3) is 2.56. The lowest BCUT2D eigenvalue weighted by atomic mass is 10.2. The van der Waals surface area contributed by atoms with Gasteiger partial charge in [0.15, 0.2) is 0 Å². The van der Waals surface area contributed by atoms with Crippen LogP contribution in [0, 0.1) is 0 Å². The smallest absolute Gasteiger partial charge is 0.142 e. The van der Waals surface area contributed by atoms with Gasteiger partial charge < -0.3 is 0 Å². The first-order valence-corrected chi connectivity index (χ1v) is 7.30. The second kappa shape index (κ2) is 5.17. The van der Waals surface area contributed by atoms with Crippen molar-refractivity contribution in [3.05, 3.63) is 29.3 Å². The molecule has 0 bridgehead atoms. The molecule has 1 aromatic heterocycles. The SMILES string of the molecule is CSc1ccc(-c2nnc(C(C)Cl)s2)cc1. The van der Waals surface area contributed by atoms with Crippen molar-refractivity contribution in [1.82, 2.24) is 10.2 Å². The van der Waals surface area contributed by atoms with Gasteiger partial charge in [0.05, 0.1) is 5.38 Å². The van der Waals surface area contributed by atoms with Crippen LogP contribution in [0.15, 0.2) is 29.2 Å². The summed E-state index contributed by atoms with van der Waals surface area (Å²) in [7, 11) is 0. The Morgan fingerprint density at radius 1 is 1.25 bits per heavy atom. The summed E-state index contributed by atoms with van der Waals surface area (Å²) in [5.41, 5.74) is 1.10. The normalized spacial score (nSPS) is 12.7. The molecular formula is C11H11ClN2S2. The van der Waals surface area contributed by atoms with E-state index in [0.717, 1.165) is 15.6 Å². The summed E-state index contributed by atoms with van der Waals surface area (Å²) in [4.78, 5) is 1.25. The average molecular weight is 271 g/mol. The molecule has 0 aliphatic carbocycles. The Morgan fingerprint density at radius 2 is 1.94 bits per heavy atom. The van der Waals surface area contributed by atoms with Crippen LogP contribution < -0.4 is 0 Å². The van der Waals surface area contributed by atoms with Crippen LogP contribution in [0.4, 0.5) is 0 Å². The van der Waals surface area contributed by atoms with E-state index in [1.54, 1.807) is 23.1 Å². The zero-order chi connectivity index (χ0) is 11.5. The van der Waals surface area contributed by atoms with Gasteiger partial charge in [-0.1, -0.05) is 23.5 Å². The largest absolute Gasteiger partial charge is 0.147 e. The maximum Gasteiger partial charge on any atom is 0.147 e. The fraction of sp³-hybridized carbons (Fsp3) is 0.273. The lowest BCUT2D eigenvalue weighted by molar-refractivity contribution is 0.962. The first-order valence-electron chi connectivity index (χ1n) is 4.82. The van der Waals surface area contributed by atoms with Crippen molar-refractivity contribution in [3.8, 4) is 10.6 Å². The molecule has 2 nitrogen and oxygen atoms in total. The van der Waals surface area contributed by atoms with Crippen molar-refractivity contribution in [2.75, 3.05) is 6.26 Å². The molecule has 1 atom stereocenters. The average Bonchev–Trinajstić information content (AvgIpc) is 2.78. The zero-order valence-electron chi connectivity index (χ0n) is 8.98. The predicted molar refractivity (Wildman–Crippen MR) is 71.4 cm³/mol. The number of benzene rings is 1. The van der Waals surface area contributed by atoms with Crippen LogP contribution in [0.2, 0.25) is 0 Å². The van der Waals surface area contributed by atoms with Gasteiger partial charge in [0.1, 0.15) is 10.0 Å². The summed E-state index contributed by atoms with van der Waals surface area (Å²) in [5.74, 6) is 0. The van der Waals surface area contributed by atoms with Gasteiger partial charge in [-0.25, -0.2) is 0 Å². The van der Waals surface area contributed by atoms with E-state index >= 15 is 0 Å². The predicted octanol–water partition coefficient (Wildman–Crippen LogP) is 4.23. The molecule has 84 valence electrons. The number of hydrogen-bond donors (Lipinski definition) is 0. The van der Waals surface area contributed by atoms with E-state index in [1.807, 2.05) is 6.92 Å². The lowest BCUT2D eigenvalue weighted by Crippen LogP contribution is -1.80. The molecule has 0 aliphatic heterocycles. The van der Waals surface area contributed by atoms with Crippen molar-refractivity contribution in [2.45, 2.75) is 17.2 Å². The number of nitrogens with zero attached hydrogens (tertiary/aromatic N) is 2. The van der Waals surface area contributed by atoms with Gasteiger partial charge in [-0.2, -0.15) is 0 Å². The highest BCUT2D eigenvalue weighted by Crippen LogP contribution is 2.30. The summed E-state index contributed by atoms with van der Waals surface area (Å²) in [6, 6.07) is 8.31. The third-order valence-corrected chi connectivity index (χ3v) is 4.35. The van der Waals surface area contributed by atoms with Crippen molar-refractivity contribution in [2.24, 2.45) is 0 Å². The molecule has 2 rings (SSSR count). The quantitative estimate of drug-likeness (QED) is 0.617. The number of aromatic nitrogens is 2. The maximum absolute atomic E-state index is 5.96. The second-order valence-electron chi connectivity index (χ2n) is 3.29. The highest BCUT2D eigenvalue weighted by atomic mass is 35.5. The Labute approximate surface area is 108 Å². The zero-order valence-corrected chi connectivity index (χ0v) is 11.4. The molecule has 0 radical (unpaired) electrons. The fourth-order valence-corrected chi connectivity index (χ4v) is 2.61. The van der Waals surface area contributed by atoms with Crippen molar-refractivity contribution in [1.29, 1.82) is 0 Å². The minimum absolute atomic E-state index is 0.0725. The monoisotopic (exact) mass is 270 g/mol. The van der Waals surface area contributed by atoms with E-state index in [2.05, 4.69) is 40.7 Å². The molecule has 2 aromatic rings. The molecule has 5 heteroatoms. The van der Waals surface area contributed by atoms with Crippen LogP contribution in [0.25, 0.3) is 10.6 Å². The molecule has 0 saturated heterocycles. The van der Waals surface area contributed by atoms with E-state index in [1.165, 1.54) is 4.90 Å². The molecule has 1 aromatic carbocycles. The summed E-state index contributed by atoms with van der Waals surface area (Å²) in [6.45, 7) is 1.91. The summed E-state index contributed by atoms with van der Waals surface area (Å²) in [6.07, 6.45) is 2.06. The first kappa shape index (κ1) is 11.9. The van der Waals surface area contributed by atoms with Gasteiger partial charge in [0.2, 0.25) is 0 Å². The Morgan fingerprint density at radius 3 is 2.44 bits per heavy atom. The fourth-order valence-electron chi connectivity index (χ4n) is 1.25. The lowest BCUT2D eigenvalue weighted by Gasteiger charge is -1.97. The number of hydrogen-bond acceptors (Lipinski definition) is 4. The molecule has 0 aliphatic rings. The Hall–Kier alpha value is -0.580. The Bertz CT molecular complexity index is 465. The van der Waals surface area contributed by atoms with Crippen LogP contribution in [0.5, 0.6) is 0 Å². The van der Waals surface area contributed by atoms with Gasteiger partial charge in [0, 0.05) is 10.5 Å². The van der Waals surface area contributed by atoms with E-state index in [4.69, 9.17) is 11.6 Å². The Kier molecular flexibility index (Phi) is 3.84. The third-order valence-electron chi connectivity index (χ3n) is 2.12. The van der Waals surface area contributed by atoms with Gasteiger partial charge in [-0.05, 0) is 25.3 Å². The van der Waals surface area contributed by atoms with E-state index in [0.29, 0.717) is 0 Å². The van der Waals surface area contributed by atoms with E-state index < -0.39 is 0 Å². The topological polar surface area (TPSA) is 25.8 Å². The summed E-state index contributed by atoms with van der Waals surface area (Å²) in [5, 5.41) is 9.93. The molecule has 0 amide bonds. The van der Waals surface area contributed by atoms with Gasteiger partial charge >= 0.3 is 0 Å². The van der Waals surface area contributed by atoms with Crippen molar-refractivity contribution in [3.63, 3.8) is 0 Å². The number of rotatable bonds is 3. The second-order valence-corrected chi connectivity index (χ2v) is 5.83. The maximum atomic E-state index is 5.96. The van der Waals surface area contributed by atoms with Crippen LogP contribution in [0.1, 0.15) is 17.3 Å². The van der Waals surface area contributed by atoms with Crippen LogP contribution in [-0.4, -0.2) is 16.5 Å². The molecule has 0 fully saturated rings.